The fourth-order valence-corrected chi connectivity index (χ4v) is 3.42. The van der Waals surface area contributed by atoms with Gasteiger partial charge in [-0.25, -0.2) is 0 Å². The first-order chi connectivity index (χ1) is 7.36. The average molecular weight is 228 g/mol. The van der Waals surface area contributed by atoms with Gasteiger partial charge >= 0.3 is 0 Å². The van der Waals surface area contributed by atoms with Gasteiger partial charge < -0.3 is 9.64 Å². The van der Waals surface area contributed by atoms with Crippen molar-refractivity contribution < 1.29 is 4.74 Å². The molecule has 3 nitrogen and oxygen atoms in total. The van der Waals surface area contributed by atoms with Gasteiger partial charge in [-0.15, -0.1) is 0 Å². The van der Waals surface area contributed by atoms with Crippen LogP contribution in [0.3, 0.4) is 0 Å². The van der Waals surface area contributed by atoms with Crippen LogP contribution in [0.1, 0.15) is 25.7 Å². The Morgan fingerprint density at radius 2 is 1.93 bits per heavy atom. The minimum atomic E-state index is 0.788. The molecule has 0 aromatic carbocycles. The van der Waals surface area contributed by atoms with Gasteiger partial charge in [-0.05, 0) is 12.8 Å². The van der Waals surface area contributed by atoms with Crippen molar-refractivity contribution in [2.45, 2.75) is 30.9 Å². The third-order valence-corrected chi connectivity index (χ3v) is 4.53. The summed E-state index contributed by atoms with van der Waals surface area (Å²) in [5, 5.41) is 8.82. The fourth-order valence-electron chi connectivity index (χ4n) is 2.18. The Balaban J connectivity index is 1.66. The molecule has 0 radical (unpaired) electrons. The van der Waals surface area contributed by atoms with Gasteiger partial charge in [0.15, 0.2) is 0 Å². The largest absolute Gasteiger partial charge is 0.378 e. The highest BCUT2D eigenvalue weighted by Gasteiger charge is 2.18. The number of thioether (sulfide) groups is 1. The Bertz CT molecular complexity index is 211. The molecule has 0 aromatic rings. The lowest BCUT2D eigenvalue weighted by molar-refractivity contribution is 0.0676. The maximum Gasteiger partial charge on any atom is 0.106 e. The average Bonchev–Trinajstić information content (AvgIpc) is 2.80. The van der Waals surface area contributed by atoms with Gasteiger partial charge in [-0.1, -0.05) is 12.8 Å². The van der Waals surface area contributed by atoms with Gasteiger partial charge in [0.05, 0.1) is 19.0 Å². The third kappa shape index (κ3) is 3.38. The molecule has 0 atom stereocenters. The number of amidine groups is 1. The molecule has 0 bridgehead atoms. The van der Waals surface area contributed by atoms with Crippen molar-refractivity contribution in [3.63, 3.8) is 0 Å². The summed E-state index contributed by atoms with van der Waals surface area (Å²) in [6.07, 6.45) is 5.51. The minimum Gasteiger partial charge on any atom is -0.378 e. The van der Waals surface area contributed by atoms with Crippen LogP contribution < -0.4 is 0 Å². The molecule has 1 saturated carbocycles. The second-order valence-corrected chi connectivity index (χ2v) is 5.55. The van der Waals surface area contributed by atoms with Gasteiger partial charge in [-0.3, -0.25) is 5.41 Å². The smallest absolute Gasteiger partial charge is 0.106 e. The topological polar surface area (TPSA) is 36.3 Å². The molecule has 15 heavy (non-hydrogen) atoms. The number of rotatable bonds is 3. The molecule has 2 rings (SSSR count). The molecular weight excluding hydrogens is 208 g/mol. The zero-order valence-corrected chi connectivity index (χ0v) is 10.0. The molecule has 0 unspecified atom stereocenters. The van der Waals surface area contributed by atoms with Crippen molar-refractivity contribution in [3.8, 4) is 0 Å². The number of ether oxygens (including phenoxy) is 1. The summed E-state index contributed by atoms with van der Waals surface area (Å²) >= 11 is 1.98. The summed E-state index contributed by atoms with van der Waals surface area (Å²) in [6.45, 7) is 3.39. The van der Waals surface area contributed by atoms with Crippen LogP contribution in [0.5, 0.6) is 0 Å². The highest BCUT2D eigenvalue weighted by atomic mass is 32.2. The van der Waals surface area contributed by atoms with Gasteiger partial charge in [-0.2, -0.15) is 11.8 Å². The van der Waals surface area contributed by atoms with Crippen molar-refractivity contribution in [2.24, 2.45) is 0 Å². The standard InChI is InChI=1S/C11H20N2OS/c12-11(13-5-7-14-8-6-13)9-15-10-3-1-2-4-10/h10,12H,1-9H2. The van der Waals surface area contributed by atoms with Crippen LogP contribution >= 0.6 is 11.8 Å². The van der Waals surface area contributed by atoms with Gasteiger partial charge in [0, 0.05) is 18.3 Å². The molecule has 0 aromatic heterocycles. The fraction of sp³-hybridized carbons (Fsp3) is 0.909. The number of nitrogens with zero attached hydrogens (tertiary/aromatic N) is 1. The highest BCUT2D eigenvalue weighted by Crippen LogP contribution is 2.29. The molecule has 2 aliphatic rings. The minimum absolute atomic E-state index is 0.788. The molecule has 1 saturated heterocycles. The molecule has 1 aliphatic heterocycles. The van der Waals surface area contributed by atoms with Gasteiger partial charge in [0.25, 0.3) is 0 Å². The van der Waals surface area contributed by atoms with E-state index < -0.39 is 0 Å². The van der Waals surface area contributed by atoms with E-state index in [0.717, 1.165) is 43.1 Å². The zero-order chi connectivity index (χ0) is 10.5. The molecule has 1 aliphatic carbocycles. The van der Waals surface area contributed by atoms with Crippen molar-refractivity contribution in [2.75, 3.05) is 32.1 Å². The quantitative estimate of drug-likeness (QED) is 0.592. The molecule has 1 heterocycles. The van der Waals surface area contributed by atoms with Crippen LogP contribution in [-0.2, 0) is 4.74 Å². The molecule has 86 valence electrons. The van der Waals surface area contributed by atoms with Crippen LogP contribution in [-0.4, -0.2) is 48.0 Å². The van der Waals surface area contributed by atoms with Crippen molar-refractivity contribution >= 4 is 17.6 Å². The summed E-state index contributed by atoms with van der Waals surface area (Å²) in [4.78, 5) is 2.16. The molecule has 4 heteroatoms. The first-order valence-electron chi connectivity index (χ1n) is 5.88. The Morgan fingerprint density at radius 1 is 1.27 bits per heavy atom. The lowest BCUT2D eigenvalue weighted by Gasteiger charge is -2.29. The summed E-state index contributed by atoms with van der Waals surface area (Å²) < 4.78 is 5.28. The van der Waals surface area contributed by atoms with Crippen LogP contribution in [0.25, 0.3) is 0 Å². The predicted octanol–water partition coefficient (Wildman–Crippen LogP) is 1.97. The first-order valence-corrected chi connectivity index (χ1v) is 6.93. The van der Waals surface area contributed by atoms with Crippen LogP contribution in [0.4, 0.5) is 0 Å². The van der Waals surface area contributed by atoms with Gasteiger partial charge in [0.2, 0.25) is 0 Å². The Morgan fingerprint density at radius 3 is 2.60 bits per heavy atom. The van der Waals surface area contributed by atoms with Crippen molar-refractivity contribution in [3.05, 3.63) is 0 Å². The van der Waals surface area contributed by atoms with E-state index in [-0.39, 0.29) is 0 Å². The number of hydrogen-bond acceptors (Lipinski definition) is 3. The summed E-state index contributed by atoms with van der Waals surface area (Å²) in [6, 6.07) is 0. The maximum atomic E-state index is 8.00. The zero-order valence-electron chi connectivity index (χ0n) is 9.21. The van der Waals surface area contributed by atoms with E-state index in [2.05, 4.69) is 4.90 Å². The monoisotopic (exact) mass is 228 g/mol. The van der Waals surface area contributed by atoms with Crippen molar-refractivity contribution in [1.29, 1.82) is 5.41 Å². The SMILES string of the molecule is N=C(CSC1CCCC1)N1CCOCC1. The molecule has 1 N–H and O–H groups in total. The molecule has 2 fully saturated rings. The van der Waals surface area contributed by atoms with E-state index in [1.54, 1.807) is 0 Å². The molecule has 0 amide bonds. The number of hydrogen-bond donors (Lipinski definition) is 1. The Kier molecular flexibility index (Phi) is 4.32. The van der Waals surface area contributed by atoms with E-state index in [4.69, 9.17) is 10.1 Å². The molecule has 0 spiro atoms. The van der Waals surface area contributed by atoms with Crippen LogP contribution in [0.15, 0.2) is 0 Å². The number of morpholine rings is 1. The van der Waals surface area contributed by atoms with Crippen molar-refractivity contribution in [1.82, 2.24) is 4.90 Å². The maximum absolute atomic E-state index is 8.00. The summed E-state index contributed by atoms with van der Waals surface area (Å²) in [5.74, 6) is 1.69. The lowest BCUT2D eigenvalue weighted by Crippen LogP contribution is -2.41. The van der Waals surface area contributed by atoms with E-state index in [1.165, 1.54) is 25.7 Å². The van der Waals surface area contributed by atoms with Crippen LogP contribution in [0.2, 0.25) is 0 Å². The summed E-state index contributed by atoms with van der Waals surface area (Å²) in [5.41, 5.74) is 0. The highest BCUT2D eigenvalue weighted by molar-refractivity contribution is 8.00. The van der Waals surface area contributed by atoms with E-state index in [1.807, 2.05) is 11.8 Å². The third-order valence-electron chi connectivity index (χ3n) is 3.15. The molecular formula is C11H20N2OS. The van der Waals surface area contributed by atoms with E-state index in [9.17, 15) is 0 Å². The Labute approximate surface area is 96.1 Å². The number of nitrogens with one attached hydrogen (secondary N) is 1. The second kappa shape index (κ2) is 5.75. The Hall–Kier alpha value is -0.220. The second-order valence-electron chi connectivity index (χ2n) is 4.26. The normalized spacial score (nSPS) is 23.3. The lowest BCUT2D eigenvalue weighted by atomic mass is 10.4. The predicted molar refractivity (Wildman–Crippen MR) is 64.8 cm³/mol. The van der Waals surface area contributed by atoms with Gasteiger partial charge in [0.1, 0.15) is 5.84 Å². The first kappa shape index (κ1) is 11.3. The summed E-state index contributed by atoms with van der Waals surface area (Å²) in [7, 11) is 0. The van der Waals surface area contributed by atoms with Crippen LogP contribution in [0, 0.1) is 5.41 Å². The van der Waals surface area contributed by atoms with E-state index in [0.29, 0.717) is 0 Å². The van der Waals surface area contributed by atoms with E-state index >= 15 is 0 Å².